The van der Waals surface area contributed by atoms with Gasteiger partial charge in [-0.15, -0.1) is 0 Å². The van der Waals surface area contributed by atoms with Crippen LogP contribution in [-0.2, 0) is 0 Å². The molecule has 0 aromatic heterocycles. The maximum atomic E-state index is 3.50. The van der Waals surface area contributed by atoms with Gasteiger partial charge in [0.05, 0.1) is 0 Å². The van der Waals surface area contributed by atoms with Crippen LogP contribution in [-0.4, -0.2) is 13.1 Å². The molecule has 1 N–H and O–H groups in total. The molecule has 1 atom stereocenters. The minimum Gasteiger partial charge on any atom is -0.316 e. The lowest BCUT2D eigenvalue weighted by Crippen LogP contribution is -2.20. The van der Waals surface area contributed by atoms with E-state index in [0.29, 0.717) is 0 Å². The third kappa shape index (κ3) is 11.9. The molecular weight excluding hydrogens is 182 g/mol. The molecule has 0 saturated carbocycles. The average Bonchev–Trinajstić information content (AvgIpc) is 2.21. The lowest BCUT2D eigenvalue weighted by Gasteiger charge is -2.08. The minimum atomic E-state index is 0.787. The summed E-state index contributed by atoms with van der Waals surface area (Å²) in [5.74, 6) is 1.72. The van der Waals surface area contributed by atoms with Crippen molar-refractivity contribution in [2.24, 2.45) is 11.8 Å². The van der Waals surface area contributed by atoms with Crippen LogP contribution in [0.1, 0.15) is 66.2 Å². The number of hydrogen-bond acceptors (Lipinski definition) is 1. The Morgan fingerprint density at radius 1 is 0.933 bits per heavy atom. The van der Waals surface area contributed by atoms with Crippen molar-refractivity contribution < 1.29 is 0 Å². The first-order valence-corrected chi connectivity index (χ1v) is 6.87. The summed E-state index contributed by atoms with van der Waals surface area (Å²) >= 11 is 0. The molecule has 0 aliphatic heterocycles. The SMILES string of the molecule is CCC(C)CCCCCCNCC(C)C. The molecule has 92 valence electrons. The smallest absolute Gasteiger partial charge is 0.00258 e. The number of hydrogen-bond donors (Lipinski definition) is 1. The fraction of sp³-hybridized carbons (Fsp3) is 1.00. The van der Waals surface area contributed by atoms with Gasteiger partial charge in [0, 0.05) is 0 Å². The highest BCUT2D eigenvalue weighted by Crippen LogP contribution is 2.12. The van der Waals surface area contributed by atoms with Crippen LogP contribution in [0.3, 0.4) is 0 Å². The zero-order valence-corrected chi connectivity index (χ0v) is 11.3. The summed E-state index contributed by atoms with van der Waals surface area (Å²) in [5, 5.41) is 3.50. The van der Waals surface area contributed by atoms with Crippen LogP contribution in [0.25, 0.3) is 0 Å². The first-order chi connectivity index (χ1) is 7.16. The van der Waals surface area contributed by atoms with E-state index in [1.807, 2.05) is 0 Å². The largest absolute Gasteiger partial charge is 0.316 e. The monoisotopic (exact) mass is 213 g/mol. The Morgan fingerprint density at radius 3 is 2.20 bits per heavy atom. The van der Waals surface area contributed by atoms with E-state index >= 15 is 0 Å². The second-order valence-corrected chi connectivity index (χ2v) is 5.31. The van der Waals surface area contributed by atoms with E-state index in [2.05, 4.69) is 33.0 Å². The second kappa shape index (κ2) is 10.5. The van der Waals surface area contributed by atoms with E-state index in [4.69, 9.17) is 0 Å². The van der Waals surface area contributed by atoms with Gasteiger partial charge < -0.3 is 5.32 Å². The maximum absolute atomic E-state index is 3.50. The quantitative estimate of drug-likeness (QED) is 0.536. The van der Waals surface area contributed by atoms with E-state index in [-0.39, 0.29) is 0 Å². The van der Waals surface area contributed by atoms with Gasteiger partial charge in [0.2, 0.25) is 0 Å². The highest BCUT2D eigenvalue weighted by molar-refractivity contribution is 4.54. The average molecular weight is 213 g/mol. The molecule has 15 heavy (non-hydrogen) atoms. The van der Waals surface area contributed by atoms with Crippen molar-refractivity contribution in [1.29, 1.82) is 0 Å². The molecule has 0 aromatic rings. The highest BCUT2D eigenvalue weighted by atomic mass is 14.8. The fourth-order valence-electron chi connectivity index (χ4n) is 1.69. The van der Waals surface area contributed by atoms with Gasteiger partial charge in [0.15, 0.2) is 0 Å². The van der Waals surface area contributed by atoms with Crippen LogP contribution in [0.5, 0.6) is 0 Å². The van der Waals surface area contributed by atoms with Gasteiger partial charge in [-0.25, -0.2) is 0 Å². The van der Waals surface area contributed by atoms with Crippen molar-refractivity contribution in [3.63, 3.8) is 0 Å². The summed E-state index contributed by atoms with van der Waals surface area (Å²) in [6.07, 6.45) is 8.38. The Hall–Kier alpha value is -0.0400. The summed E-state index contributed by atoms with van der Waals surface area (Å²) in [6.45, 7) is 11.6. The van der Waals surface area contributed by atoms with Gasteiger partial charge in [-0.05, 0) is 31.3 Å². The Kier molecular flexibility index (Phi) is 10.4. The fourth-order valence-corrected chi connectivity index (χ4v) is 1.69. The van der Waals surface area contributed by atoms with Gasteiger partial charge >= 0.3 is 0 Å². The van der Waals surface area contributed by atoms with Crippen molar-refractivity contribution >= 4 is 0 Å². The Balaban J connectivity index is 2.99. The third-order valence-electron chi connectivity index (χ3n) is 3.05. The molecule has 0 amide bonds. The summed E-state index contributed by atoms with van der Waals surface area (Å²) in [4.78, 5) is 0. The first-order valence-electron chi connectivity index (χ1n) is 6.87. The van der Waals surface area contributed by atoms with Crippen LogP contribution in [0.2, 0.25) is 0 Å². The number of rotatable bonds is 10. The standard InChI is InChI=1S/C14H31N/c1-5-14(4)10-8-6-7-9-11-15-12-13(2)3/h13-15H,5-12H2,1-4H3. The van der Waals surface area contributed by atoms with Gasteiger partial charge in [0.25, 0.3) is 0 Å². The topological polar surface area (TPSA) is 12.0 Å². The van der Waals surface area contributed by atoms with Crippen molar-refractivity contribution in [2.45, 2.75) is 66.2 Å². The number of unbranched alkanes of at least 4 members (excludes halogenated alkanes) is 3. The molecule has 0 fully saturated rings. The molecule has 1 nitrogen and oxygen atoms in total. The lowest BCUT2D eigenvalue weighted by atomic mass is 10.0. The molecule has 0 bridgehead atoms. The summed E-state index contributed by atoms with van der Waals surface area (Å²) in [6, 6.07) is 0. The Bertz CT molecular complexity index is 121. The Morgan fingerprint density at radius 2 is 1.60 bits per heavy atom. The highest BCUT2D eigenvalue weighted by Gasteiger charge is 1.98. The van der Waals surface area contributed by atoms with E-state index in [9.17, 15) is 0 Å². The van der Waals surface area contributed by atoms with Crippen LogP contribution >= 0.6 is 0 Å². The molecule has 0 aliphatic rings. The third-order valence-corrected chi connectivity index (χ3v) is 3.05. The predicted octanol–water partition coefficient (Wildman–Crippen LogP) is 4.23. The van der Waals surface area contributed by atoms with E-state index in [0.717, 1.165) is 11.8 Å². The first kappa shape index (κ1) is 15.0. The van der Waals surface area contributed by atoms with Crippen LogP contribution < -0.4 is 5.32 Å². The van der Waals surface area contributed by atoms with Gasteiger partial charge in [-0.2, -0.15) is 0 Å². The Labute approximate surface area is 97.0 Å². The molecule has 0 rings (SSSR count). The zero-order valence-electron chi connectivity index (χ0n) is 11.3. The summed E-state index contributed by atoms with van der Waals surface area (Å²) in [5.41, 5.74) is 0. The molecule has 1 heteroatoms. The molecule has 0 heterocycles. The summed E-state index contributed by atoms with van der Waals surface area (Å²) < 4.78 is 0. The number of nitrogens with one attached hydrogen (secondary N) is 1. The normalized spacial score (nSPS) is 13.4. The van der Waals surface area contributed by atoms with E-state index in [1.54, 1.807) is 0 Å². The van der Waals surface area contributed by atoms with Crippen molar-refractivity contribution in [2.75, 3.05) is 13.1 Å². The molecule has 0 radical (unpaired) electrons. The molecular formula is C14H31N. The predicted molar refractivity (Wildman–Crippen MR) is 70.2 cm³/mol. The molecule has 0 aliphatic carbocycles. The maximum Gasteiger partial charge on any atom is -0.00258 e. The summed E-state index contributed by atoms with van der Waals surface area (Å²) in [7, 11) is 0. The van der Waals surface area contributed by atoms with E-state index in [1.165, 1.54) is 51.6 Å². The van der Waals surface area contributed by atoms with Gasteiger partial charge in [-0.3, -0.25) is 0 Å². The van der Waals surface area contributed by atoms with Crippen LogP contribution in [0.4, 0.5) is 0 Å². The lowest BCUT2D eigenvalue weighted by molar-refractivity contribution is 0.468. The molecule has 1 unspecified atom stereocenters. The van der Waals surface area contributed by atoms with Crippen LogP contribution in [0.15, 0.2) is 0 Å². The van der Waals surface area contributed by atoms with Crippen molar-refractivity contribution in [1.82, 2.24) is 5.32 Å². The molecule has 0 aromatic carbocycles. The van der Waals surface area contributed by atoms with E-state index < -0.39 is 0 Å². The zero-order chi connectivity index (χ0) is 11.5. The minimum absolute atomic E-state index is 0.787. The second-order valence-electron chi connectivity index (χ2n) is 5.31. The van der Waals surface area contributed by atoms with Crippen LogP contribution in [0, 0.1) is 11.8 Å². The van der Waals surface area contributed by atoms with Crippen molar-refractivity contribution in [3.05, 3.63) is 0 Å². The van der Waals surface area contributed by atoms with Crippen molar-refractivity contribution in [3.8, 4) is 0 Å². The molecule has 0 saturated heterocycles. The van der Waals surface area contributed by atoms with Gasteiger partial charge in [0.1, 0.15) is 0 Å². The molecule has 0 spiro atoms. The van der Waals surface area contributed by atoms with Gasteiger partial charge in [-0.1, -0.05) is 59.8 Å².